The van der Waals surface area contributed by atoms with E-state index in [0.29, 0.717) is 18.7 Å². The second-order valence-electron chi connectivity index (χ2n) is 3.83. The molecule has 0 saturated carbocycles. The van der Waals surface area contributed by atoms with Crippen LogP contribution in [0.4, 0.5) is 0 Å². The molecule has 2 heterocycles. The van der Waals surface area contributed by atoms with Gasteiger partial charge in [0.05, 0.1) is 18.3 Å². The molecule has 0 aliphatic carbocycles. The molecule has 1 amide bonds. The Morgan fingerprint density at radius 3 is 2.94 bits per heavy atom. The van der Waals surface area contributed by atoms with E-state index in [2.05, 4.69) is 4.98 Å². The van der Waals surface area contributed by atoms with Crippen LogP contribution in [0.15, 0.2) is 36.0 Å². The average molecular weight is 262 g/mol. The van der Waals surface area contributed by atoms with Gasteiger partial charge in [-0.05, 0) is 24.4 Å². The Kier molecular flexibility index (Phi) is 3.94. The van der Waals surface area contributed by atoms with Crippen LogP contribution in [-0.4, -0.2) is 27.4 Å². The standard InChI is InChI=1S/C13H14N2O2S/c1-2-15(9-12-4-3-5-18-12)13(17)10-6-11(16)8-14-7-10/h3-8,16H,2,9H2,1H3. The van der Waals surface area contributed by atoms with E-state index >= 15 is 0 Å². The molecule has 18 heavy (non-hydrogen) atoms. The number of rotatable bonds is 4. The van der Waals surface area contributed by atoms with Crippen molar-refractivity contribution in [3.05, 3.63) is 46.4 Å². The third-order valence-electron chi connectivity index (χ3n) is 2.57. The van der Waals surface area contributed by atoms with E-state index in [1.54, 1.807) is 16.2 Å². The Balaban J connectivity index is 2.15. The number of aromatic hydroxyl groups is 1. The summed E-state index contributed by atoms with van der Waals surface area (Å²) >= 11 is 1.62. The average Bonchev–Trinajstić information content (AvgIpc) is 2.88. The van der Waals surface area contributed by atoms with Crippen molar-refractivity contribution >= 4 is 17.2 Å². The quantitative estimate of drug-likeness (QED) is 0.921. The normalized spacial score (nSPS) is 10.3. The molecular weight excluding hydrogens is 248 g/mol. The van der Waals surface area contributed by atoms with Gasteiger partial charge in [0.1, 0.15) is 5.75 Å². The zero-order chi connectivity index (χ0) is 13.0. The van der Waals surface area contributed by atoms with E-state index in [-0.39, 0.29) is 11.7 Å². The summed E-state index contributed by atoms with van der Waals surface area (Å²) in [5.41, 5.74) is 0.411. The highest BCUT2D eigenvalue weighted by atomic mass is 32.1. The van der Waals surface area contributed by atoms with Gasteiger partial charge in [-0.2, -0.15) is 0 Å². The Labute approximate surface area is 110 Å². The van der Waals surface area contributed by atoms with Gasteiger partial charge >= 0.3 is 0 Å². The summed E-state index contributed by atoms with van der Waals surface area (Å²) in [7, 11) is 0. The first-order valence-electron chi connectivity index (χ1n) is 5.66. The molecule has 2 aromatic heterocycles. The molecule has 2 aromatic rings. The van der Waals surface area contributed by atoms with Crippen molar-refractivity contribution < 1.29 is 9.90 Å². The molecule has 0 atom stereocenters. The van der Waals surface area contributed by atoms with Crippen LogP contribution < -0.4 is 0 Å². The van der Waals surface area contributed by atoms with Crippen LogP contribution in [0.1, 0.15) is 22.2 Å². The van der Waals surface area contributed by atoms with Gasteiger partial charge in [-0.1, -0.05) is 6.07 Å². The van der Waals surface area contributed by atoms with Crippen LogP contribution in [0.5, 0.6) is 5.75 Å². The summed E-state index contributed by atoms with van der Waals surface area (Å²) in [6.07, 6.45) is 2.78. The molecular formula is C13H14N2O2S. The molecule has 5 heteroatoms. The van der Waals surface area contributed by atoms with Crippen LogP contribution in [-0.2, 0) is 6.54 Å². The van der Waals surface area contributed by atoms with Crippen LogP contribution in [0.2, 0.25) is 0 Å². The summed E-state index contributed by atoms with van der Waals surface area (Å²) in [5, 5.41) is 11.3. The van der Waals surface area contributed by atoms with Gasteiger partial charge in [0, 0.05) is 17.6 Å². The third kappa shape index (κ3) is 2.87. The van der Waals surface area contributed by atoms with Gasteiger partial charge in [0.2, 0.25) is 0 Å². The van der Waals surface area contributed by atoms with Crippen molar-refractivity contribution in [2.45, 2.75) is 13.5 Å². The molecule has 1 N–H and O–H groups in total. The first-order chi connectivity index (χ1) is 8.70. The lowest BCUT2D eigenvalue weighted by molar-refractivity contribution is 0.0753. The predicted octanol–water partition coefficient (Wildman–Crippen LogP) is 2.51. The van der Waals surface area contributed by atoms with Crippen LogP contribution in [0.3, 0.4) is 0 Å². The maximum absolute atomic E-state index is 12.2. The van der Waals surface area contributed by atoms with Crippen LogP contribution in [0.25, 0.3) is 0 Å². The van der Waals surface area contributed by atoms with E-state index in [4.69, 9.17) is 0 Å². The van der Waals surface area contributed by atoms with Crippen molar-refractivity contribution in [1.29, 1.82) is 0 Å². The lowest BCUT2D eigenvalue weighted by Gasteiger charge is -2.20. The maximum Gasteiger partial charge on any atom is 0.255 e. The molecule has 4 nitrogen and oxygen atoms in total. The first kappa shape index (κ1) is 12.6. The number of aromatic nitrogens is 1. The molecule has 0 unspecified atom stereocenters. The van der Waals surface area contributed by atoms with Crippen molar-refractivity contribution in [3.63, 3.8) is 0 Å². The highest BCUT2D eigenvalue weighted by molar-refractivity contribution is 7.09. The Morgan fingerprint density at radius 1 is 1.50 bits per heavy atom. The highest BCUT2D eigenvalue weighted by Gasteiger charge is 2.15. The number of amides is 1. The zero-order valence-corrected chi connectivity index (χ0v) is 10.9. The van der Waals surface area contributed by atoms with Crippen molar-refractivity contribution in [1.82, 2.24) is 9.88 Å². The van der Waals surface area contributed by atoms with Gasteiger partial charge < -0.3 is 10.0 Å². The van der Waals surface area contributed by atoms with Crippen molar-refractivity contribution in [2.24, 2.45) is 0 Å². The summed E-state index contributed by atoms with van der Waals surface area (Å²) in [4.78, 5) is 18.9. The number of hydrogen-bond acceptors (Lipinski definition) is 4. The largest absolute Gasteiger partial charge is 0.506 e. The Hall–Kier alpha value is -1.88. The Bertz CT molecular complexity index is 526. The fraction of sp³-hybridized carbons (Fsp3) is 0.231. The molecule has 94 valence electrons. The third-order valence-corrected chi connectivity index (χ3v) is 3.43. The molecule has 0 fully saturated rings. The van der Waals surface area contributed by atoms with Gasteiger partial charge in [-0.15, -0.1) is 11.3 Å². The minimum Gasteiger partial charge on any atom is -0.506 e. The lowest BCUT2D eigenvalue weighted by Crippen LogP contribution is -2.30. The number of carbonyl (C=O) groups excluding carboxylic acids is 1. The molecule has 0 aromatic carbocycles. The van der Waals surface area contributed by atoms with Gasteiger partial charge in [0.25, 0.3) is 5.91 Å². The highest BCUT2D eigenvalue weighted by Crippen LogP contribution is 2.15. The van der Waals surface area contributed by atoms with E-state index in [1.807, 2.05) is 24.4 Å². The van der Waals surface area contributed by atoms with Crippen LogP contribution >= 0.6 is 11.3 Å². The molecule has 2 rings (SSSR count). The second-order valence-corrected chi connectivity index (χ2v) is 4.86. The number of pyridine rings is 1. The Morgan fingerprint density at radius 2 is 2.33 bits per heavy atom. The van der Waals surface area contributed by atoms with Crippen molar-refractivity contribution in [3.8, 4) is 5.75 Å². The molecule has 0 spiro atoms. The number of carbonyl (C=O) groups is 1. The minimum atomic E-state index is -0.116. The fourth-order valence-electron chi connectivity index (χ4n) is 1.65. The lowest BCUT2D eigenvalue weighted by atomic mass is 10.2. The number of hydrogen-bond donors (Lipinski definition) is 1. The number of thiophene rings is 1. The fourth-order valence-corrected chi connectivity index (χ4v) is 2.36. The molecule has 0 saturated heterocycles. The summed E-state index contributed by atoms with van der Waals surface area (Å²) in [6, 6.07) is 5.40. The van der Waals surface area contributed by atoms with E-state index in [9.17, 15) is 9.90 Å². The summed E-state index contributed by atoms with van der Waals surface area (Å²) in [5.74, 6) is -0.109. The van der Waals surface area contributed by atoms with Crippen LogP contribution in [0, 0.1) is 0 Å². The maximum atomic E-state index is 12.2. The molecule has 0 radical (unpaired) electrons. The second kappa shape index (κ2) is 5.64. The SMILES string of the molecule is CCN(Cc1cccs1)C(=O)c1cncc(O)c1. The van der Waals surface area contributed by atoms with Crippen molar-refractivity contribution in [2.75, 3.05) is 6.54 Å². The summed E-state index contributed by atoms with van der Waals surface area (Å²) in [6.45, 7) is 3.14. The summed E-state index contributed by atoms with van der Waals surface area (Å²) < 4.78 is 0. The molecule has 0 aliphatic rings. The zero-order valence-electron chi connectivity index (χ0n) is 10.0. The van der Waals surface area contributed by atoms with Gasteiger partial charge in [-0.25, -0.2) is 0 Å². The monoisotopic (exact) mass is 262 g/mol. The van der Waals surface area contributed by atoms with Gasteiger partial charge in [-0.3, -0.25) is 9.78 Å². The molecule has 0 bridgehead atoms. The van der Waals surface area contributed by atoms with E-state index in [1.165, 1.54) is 18.5 Å². The number of nitrogens with zero attached hydrogens (tertiary/aromatic N) is 2. The van der Waals surface area contributed by atoms with Gasteiger partial charge in [0.15, 0.2) is 0 Å². The first-order valence-corrected chi connectivity index (χ1v) is 6.54. The van der Waals surface area contributed by atoms with E-state index < -0.39 is 0 Å². The topological polar surface area (TPSA) is 53.4 Å². The minimum absolute atomic E-state index is 0.00743. The van der Waals surface area contributed by atoms with E-state index in [0.717, 1.165) is 4.88 Å². The molecule has 0 aliphatic heterocycles. The smallest absolute Gasteiger partial charge is 0.255 e. The predicted molar refractivity (Wildman–Crippen MR) is 70.6 cm³/mol.